The molecule has 1 atom stereocenters. The molecule has 0 bridgehead atoms. The van der Waals surface area contributed by atoms with Crippen molar-refractivity contribution in [2.45, 2.75) is 33.4 Å². The zero-order valence-corrected chi connectivity index (χ0v) is 12.3. The summed E-state index contributed by atoms with van der Waals surface area (Å²) in [4.78, 5) is 4.69. The first-order valence-corrected chi connectivity index (χ1v) is 6.86. The van der Waals surface area contributed by atoms with Gasteiger partial charge in [-0.1, -0.05) is 15.9 Å². The summed E-state index contributed by atoms with van der Waals surface area (Å²) < 4.78 is 9.26. The lowest BCUT2D eigenvalue weighted by Crippen LogP contribution is -2.18. The van der Waals surface area contributed by atoms with Crippen molar-refractivity contribution in [1.82, 2.24) is 9.55 Å². The molecule has 1 aliphatic heterocycles. The molecule has 1 unspecified atom stereocenters. The van der Waals surface area contributed by atoms with Crippen LogP contribution in [0.3, 0.4) is 0 Å². The summed E-state index contributed by atoms with van der Waals surface area (Å²) in [5, 5.41) is 0. The zero-order chi connectivity index (χ0) is 12.9. The van der Waals surface area contributed by atoms with Crippen molar-refractivity contribution in [1.29, 1.82) is 0 Å². The summed E-state index contributed by atoms with van der Waals surface area (Å²) in [7, 11) is 0. The molecular weight excluding hydrogens is 292 g/mol. The third-order valence-electron chi connectivity index (χ3n) is 3.41. The monoisotopic (exact) mass is 306 g/mol. The van der Waals surface area contributed by atoms with E-state index in [2.05, 4.69) is 52.3 Å². The highest BCUT2D eigenvalue weighted by atomic mass is 79.9. The van der Waals surface area contributed by atoms with Crippen molar-refractivity contribution < 1.29 is 4.74 Å². The summed E-state index contributed by atoms with van der Waals surface area (Å²) in [6, 6.07) is 6.08. The Labute approximate surface area is 115 Å². The van der Waals surface area contributed by atoms with Crippen molar-refractivity contribution in [2.75, 3.05) is 0 Å². The van der Waals surface area contributed by atoms with E-state index in [-0.39, 0.29) is 6.10 Å². The molecule has 1 aliphatic rings. The van der Waals surface area contributed by atoms with Crippen LogP contribution in [-0.2, 0) is 6.54 Å². The van der Waals surface area contributed by atoms with Crippen LogP contribution >= 0.6 is 15.9 Å². The van der Waals surface area contributed by atoms with Crippen molar-refractivity contribution in [3.63, 3.8) is 0 Å². The second kappa shape index (κ2) is 4.12. The van der Waals surface area contributed by atoms with Crippen LogP contribution in [0.15, 0.2) is 22.7 Å². The minimum Gasteiger partial charge on any atom is -0.488 e. The van der Waals surface area contributed by atoms with Crippen LogP contribution in [0.4, 0.5) is 0 Å². The molecule has 18 heavy (non-hydrogen) atoms. The average Bonchev–Trinajstić information content (AvgIpc) is 2.53. The van der Waals surface area contributed by atoms with Gasteiger partial charge in [0.25, 0.3) is 0 Å². The first kappa shape index (κ1) is 11.8. The fourth-order valence-electron chi connectivity index (χ4n) is 2.37. The smallest absolute Gasteiger partial charge is 0.144 e. The molecule has 0 aliphatic carbocycles. The zero-order valence-electron chi connectivity index (χ0n) is 10.7. The van der Waals surface area contributed by atoms with Crippen LogP contribution < -0.4 is 4.74 Å². The molecule has 0 spiro atoms. The lowest BCUT2D eigenvalue weighted by atomic mass is 10.2. The highest BCUT2D eigenvalue weighted by molar-refractivity contribution is 9.10. The van der Waals surface area contributed by atoms with Gasteiger partial charge >= 0.3 is 0 Å². The molecule has 3 rings (SSSR count). The van der Waals surface area contributed by atoms with Crippen molar-refractivity contribution in [2.24, 2.45) is 0 Å². The van der Waals surface area contributed by atoms with Gasteiger partial charge in [0.05, 0.1) is 17.8 Å². The van der Waals surface area contributed by atoms with Crippen LogP contribution in [-0.4, -0.2) is 15.7 Å². The molecule has 94 valence electrons. The Bertz CT molecular complexity index is 618. The molecule has 0 fully saturated rings. The van der Waals surface area contributed by atoms with Crippen LogP contribution in [0.1, 0.15) is 18.3 Å². The SMILES string of the molecule is Cc1nc2n(c1C)CC(C)Oc1ccc(Br)cc1-2. The molecule has 3 nitrogen and oxygen atoms in total. The first-order valence-electron chi connectivity index (χ1n) is 6.06. The fraction of sp³-hybridized carbons (Fsp3) is 0.357. The molecule has 0 saturated carbocycles. The third kappa shape index (κ3) is 1.75. The number of ether oxygens (including phenoxy) is 1. The van der Waals surface area contributed by atoms with E-state index in [1.165, 1.54) is 5.69 Å². The van der Waals surface area contributed by atoms with Gasteiger partial charge in [-0.25, -0.2) is 4.98 Å². The number of fused-ring (bicyclic) bond motifs is 3. The summed E-state index contributed by atoms with van der Waals surface area (Å²) in [5.41, 5.74) is 3.36. The van der Waals surface area contributed by atoms with E-state index < -0.39 is 0 Å². The van der Waals surface area contributed by atoms with Gasteiger partial charge in [-0.2, -0.15) is 0 Å². The van der Waals surface area contributed by atoms with E-state index in [9.17, 15) is 0 Å². The largest absolute Gasteiger partial charge is 0.488 e. The van der Waals surface area contributed by atoms with E-state index in [4.69, 9.17) is 4.74 Å². The highest BCUT2D eigenvalue weighted by Crippen LogP contribution is 2.36. The Morgan fingerprint density at radius 3 is 2.94 bits per heavy atom. The van der Waals surface area contributed by atoms with Crippen molar-refractivity contribution in [3.8, 4) is 17.1 Å². The molecule has 4 heteroatoms. The minimum atomic E-state index is 0.151. The Morgan fingerprint density at radius 1 is 1.39 bits per heavy atom. The van der Waals surface area contributed by atoms with Crippen LogP contribution in [0, 0.1) is 13.8 Å². The highest BCUT2D eigenvalue weighted by Gasteiger charge is 2.23. The number of benzene rings is 1. The van der Waals surface area contributed by atoms with Gasteiger partial charge < -0.3 is 9.30 Å². The lowest BCUT2D eigenvalue weighted by molar-refractivity contribution is 0.205. The maximum atomic E-state index is 5.97. The minimum absolute atomic E-state index is 0.151. The second-order valence-corrected chi connectivity index (χ2v) is 5.70. The Kier molecular flexibility index (Phi) is 2.70. The molecule has 0 saturated heterocycles. The van der Waals surface area contributed by atoms with Crippen LogP contribution in [0.2, 0.25) is 0 Å². The molecule has 0 N–H and O–H groups in total. The third-order valence-corrected chi connectivity index (χ3v) is 3.90. The van der Waals surface area contributed by atoms with Gasteiger partial charge in [-0.3, -0.25) is 0 Å². The first-order chi connectivity index (χ1) is 8.56. The second-order valence-electron chi connectivity index (χ2n) is 4.79. The number of halogens is 1. The molecule has 2 heterocycles. The van der Waals surface area contributed by atoms with E-state index in [0.717, 1.165) is 33.8 Å². The number of rotatable bonds is 0. The molecule has 1 aromatic carbocycles. The Morgan fingerprint density at radius 2 is 2.17 bits per heavy atom. The predicted molar refractivity (Wildman–Crippen MR) is 74.9 cm³/mol. The topological polar surface area (TPSA) is 27.1 Å². The van der Waals surface area contributed by atoms with Gasteiger partial charge in [0.2, 0.25) is 0 Å². The number of aryl methyl sites for hydroxylation is 1. The maximum absolute atomic E-state index is 5.97. The maximum Gasteiger partial charge on any atom is 0.144 e. The summed E-state index contributed by atoms with van der Waals surface area (Å²) >= 11 is 3.52. The van der Waals surface area contributed by atoms with Crippen LogP contribution in [0.5, 0.6) is 5.75 Å². The summed E-state index contributed by atoms with van der Waals surface area (Å²) in [6.07, 6.45) is 0.151. The molecule has 0 radical (unpaired) electrons. The molecule has 0 amide bonds. The van der Waals surface area contributed by atoms with Crippen molar-refractivity contribution >= 4 is 15.9 Å². The standard InChI is InChI=1S/C14H15BrN2O/c1-8-7-17-10(3)9(2)16-14(17)12-6-11(15)4-5-13(12)18-8/h4-6,8H,7H2,1-3H3. The van der Waals surface area contributed by atoms with E-state index >= 15 is 0 Å². The molecule has 2 aromatic rings. The number of nitrogens with zero attached hydrogens (tertiary/aromatic N) is 2. The predicted octanol–water partition coefficient (Wildman–Crippen LogP) is 3.71. The number of imidazole rings is 1. The van der Waals surface area contributed by atoms with Crippen molar-refractivity contribution in [3.05, 3.63) is 34.1 Å². The number of hydrogen-bond donors (Lipinski definition) is 0. The van der Waals surface area contributed by atoms with Crippen LogP contribution in [0.25, 0.3) is 11.4 Å². The average molecular weight is 307 g/mol. The van der Waals surface area contributed by atoms with Gasteiger partial charge in [-0.05, 0) is 39.0 Å². The molecule has 1 aromatic heterocycles. The van der Waals surface area contributed by atoms with Gasteiger partial charge in [-0.15, -0.1) is 0 Å². The molecular formula is C14H15BrN2O. The number of hydrogen-bond acceptors (Lipinski definition) is 2. The van der Waals surface area contributed by atoms with E-state index in [1.807, 2.05) is 12.1 Å². The van der Waals surface area contributed by atoms with Gasteiger partial charge in [0.15, 0.2) is 0 Å². The quantitative estimate of drug-likeness (QED) is 0.742. The van der Waals surface area contributed by atoms with Gasteiger partial charge in [0, 0.05) is 10.2 Å². The normalized spacial score (nSPS) is 17.7. The van der Waals surface area contributed by atoms with Gasteiger partial charge in [0.1, 0.15) is 17.7 Å². The van der Waals surface area contributed by atoms with E-state index in [0.29, 0.717) is 0 Å². The Balaban J connectivity index is 2.30. The summed E-state index contributed by atoms with van der Waals surface area (Å²) in [6.45, 7) is 7.10. The Hall–Kier alpha value is -1.29. The van der Waals surface area contributed by atoms with E-state index in [1.54, 1.807) is 0 Å². The lowest BCUT2D eigenvalue weighted by Gasteiger charge is -2.13. The fourth-order valence-corrected chi connectivity index (χ4v) is 2.74. The number of aromatic nitrogens is 2. The summed E-state index contributed by atoms with van der Waals surface area (Å²) in [5.74, 6) is 1.92.